The molecule has 0 aliphatic heterocycles. The van der Waals surface area contributed by atoms with Crippen LogP contribution in [0.2, 0.25) is 0 Å². The second kappa shape index (κ2) is 5.66. The van der Waals surface area contributed by atoms with E-state index in [-0.39, 0.29) is 11.5 Å². The molecular weight excluding hydrogens is 264 g/mol. The maximum Gasteiger partial charge on any atom is 0.371 e. The molecule has 1 aromatic carbocycles. The van der Waals surface area contributed by atoms with Crippen LogP contribution in [0.25, 0.3) is 0 Å². The van der Waals surface area contributed by atoms with Crippen molar-refractivity contribution < 1.29 is 28.9 Å². The largest absolute Gasteiger partial charge is 0.497 e. The third kappa shape index (κ3) is 2.60. The third-order valence-corrected chi connectivity index (χ3v) is 2.84. The van der Waals surface area contributed by atoms with Gasteiger partial charge in [-0.1, -0.05) is 0 Å². The number of aliphatic hydroxyl groups excluding tert-OH is 1. The van der Waals surface area contributed by atoms with Crippen LogP contribution < -0.4 is 9.47 Å². The van der Waals surface area contributed by atoms with E-state index >= 15 is 0 Å². The summed E-state index contributed by atoms with van der Waals surface area (Å²) in [6.45, 7) is 0. The second-order valence-electron chi connectivity index (χ2n) is 4.02. The van der Waals surface area contributed by atoms with Crippen LogP contribution >= 0.6 is 0 Å². The summed E-state index contributed by atoms with van der Waals surface area (Å²) < 4.78 is 15.3. The van der Waals surface area contributed by atoms with Crippen molar-refractivity contribution in [2.24, 2.45) is 0 Å². The summed E-state index contributed by atoms with van der Waals surface area (Å²) >= 11 is 0. The summed E-state index contributed by atoms with van der Waals surface area (Å²) in [4.78, 5) is 10.8. The molecule has 0 spiro atoms. The SMILES string of the molecule is COc1ccc(OC)c(C(O)c2ccc(C(=O)O)o2)c1. The standard InChI is InChI=1S/C14H14O6/c1-18-8-3-4-10(19-2)9(7-8)13(15)11-5-6-12(20-11)14(16)17/h3-7,13,15H,1-2H3,(H,16,17). The topological polar surface area (TPSA) is 89.1 Å². The first kappa shape index (κ1) is 14.0. The number of ether oxygens (including phenoxy) is 2. The highest BCUT2D eigenvalue weighted by molar-refractivity contribution is 5.84. The number of aliphatic hydroxyl groups is 1. The molecule has 20 heavy (non-hydrogen) atoms. The predicted molar refractivity (Wildman–Crippen MR) is 69.3 cm³/mol. The quantitative estimate of drug-likeness (QED) is 0.870. The van der Waals surface area contributed by atoms with Crippen molar-refractivity contribution >= 4 is 5.97 Å². The van der Waals surface area contributed by atoms with Gasteiger partial charge in [-0.25, -0.2) is 4.79 Å². The molecule has 0 fully saturated rings. The van der Waals surface area contributed by atoms with Crippen LogP contribution in [0.5, 0.6) is 11.5 Å². The Hall–Kier alpha value is -2.47. The lowest BCUT2D eigenvalue weighted by molar-refractivity contribution is 0.0655. The summed E-state index contributed by atoms with van der Waals surface area (Å²) in [5, 5.41) is 19.1. The molecule has 106 valence electrons. The van der Waals surface area contributed by atoms with E-state index in [1.54, 1.807) is 18.2 Å². The first-order valence-corrected chi connectivity index (χ1v) is 5.79. The van der Waals surface area contributed by atoms with E-state index < -0.39 is 12.1 Å². The van der Waals surface area contributed by atoms with Gasteiger partial charge in [-0.3, -0.25) is 0 Å². The number of benzene rings is 1. The van der Waals surface area contributed by atoms with Crippen molar-refractivity contribution in [3.63, 3.8) is 0 Å². The van der Waals surface area contributed by atoms with E-state index in [0.717, 1.165) is 0 Å². The van der Waals surface area contributed by atoms with Gasteiger partial charge in [-0.2, -0.15) is 0 Å². The van der Waals surface area contributed by atoms with Gasteiger partial charge in [0.25, 0.3) is 0 Å². The van der Waals surface area contributed by atoms with Crippen LogP contribution in [0.3, 0.4) is 0 Å². The molecule has 1 aromatic heterocycles. The maximum absolute atomic E-state index is 10.8. The van der Waals surface area contributed by atoms with E-state index in [1.165, 1.54) is 26.4 Å². The molecule has 0 saturated heterocycles. The number of rotatable bonds is 5. The lowest BCUT2D eigenvalue weighted by Crippen LogP contribution is -2.02. The fourth-order valence-corrected chi connectivity index (χ4v) is 1.82. The maximum atomic E-state index is 10.8. The highest BCUT2D eigenvalue weighted by Crippen LogP contribution is 2.33. The molecule has 0 amide bonds. The molecule has 0 saturated carbocycles. The minimum absolute atomic E-state index is 0.119. The van der Waals surface area contributed by atoms with Crippen LogP contribution in [0, 0.1) is 0 Å². The van der Waals surface area contributed by atoms with Crippen molar-refractivity contribution in [2.75, 3.05) is 14.2 Å². The number of carboxylic acids is 1. The number of hydrogen-bond donors (Lipinski definition) is 2. The summed E-state index contributed by atoms with van der Waals surface area (Å²) in [7, 11) is 2.98. The average molecular weight is 278 g/mol. The first-order chi connectivity index (χ1) is 9.56. The van der Waals surface area contributed by atoms with Crippen molar-refractivity contribution in [3.8, 4) is 11.5 Å². The molecule has 1 atom stereocenters. The van der Waals surface area contributed by atoms with Gasteiger partial charge in [0.05, 0.1) is 14.2 Å². The Kier molecular flexibility index (Phi) is 3.95. The van der Waals surface area contributed by atoms with Crippen molar-refractivity contribution in [3.05, 3.63) is 47.4 Å². The van der Waals surface area contributed by atoms with Crippen LogP contribution in [0.4, 0.5) is 0 Å². The molecule has 0 bridgehead atoms. The van der Waals surface area contributed by atoms with Crippen molar-refractivity contribution in [2.45, 2.75) is 6.10 Å². The molecule has 6 heteroatoms. The minimum atomic E-state index is -1.19. The molecule has 1 unspecified atom stereocenters. The van der Waals surface area contributed by atoms with Crippen LogP contribution in [-0.2, 0) is 0 Å². The molecule has 2 N–H and O–H groups in total. The Morgan fingerprint density at radius 1 is 1.20 bits per heavy atom. The van der Waals surface area contributed by atoms with Gasteiger partial charge >= 0.3 is 5.97 Å². The highest BCUT2D eigenvalue weighted by Gasteiger charge is 2.21. The van der Waals surface area contributed by atoms with E-state index in [1.807, 2.05) is 0 Å². The van der Waals surface area contributed by atoms with E-state index in [9.17, 15) is 9.90 Å². The molecular formula is C14H14O6. The molecule has 2 rings (SSSR count). The smallest absolute Gasteiger partial charge is 0.371 e. The van der Waals surface area contributed by atoms with Crippen molar-refractivity contribution in [1.82, 2.24) is 0 Å². The van der Waals surface area contributed by atoms with Crippen LogP contribution in [0.15, 0.2) is 34.7 Å². The lowest BCUT2D eigenvalue weighted by Gasteiger charge is -2.14. The summed E-state index contributed by atoms with van der Waals surface area (Å²) in [5.74, 6) is -0.313. The zero-order chi connectivity index (χ0) is 14.7. The zero-order valence-corrected chi connectivity index (χ0v) is 11.0. The molecule has 0 aliphatic rings. The number of aromatic carboxylic acids is 1. The lowest BCUT2D eigenvalue weighted by atomic mass is 10.1. The van der Waals surface area contributed by atoms with Gasteiger partial charge in [0.1, 0.15) is 23.4 Å². The van der Waals surface area contributed by atoms with Gasteiger partial charge < -0.3 is 24.1 Å². The summed E-state index contributed by atoms with van der Waals surface area (Å²) in [6.07, 6.45) is -1.15. The Morgan fingerprint density at radius 3 is 2.50 bits per heavy atom. The third-order valence-electron chi connectivity index (χ3n) is 2.84. The van der Waals surface area contributed by atoms with Gasteiger partial charge in [-0.05, 0) is 30.3 Å². The Labute approximate surface area is 115 Å². The average Bonchev–Trinajstić information content (AvgIpc) is 2.95. The fourth-order valence-electron chi connectivity index (χ4n) is 1.82. The number of hydrogen-bond acceptors (Lipinski definition) is 5. The van der Waals surface area contributed by atoms with E-state index in [4.69, 9.17) is 19.0 Å². The molecule has 0 radical (unpaired) electrons. The van der Waals surface area contributed by atoms with Crippen LogP contribution in [0.1, 0.15) is 28.0 Å². The van der Waals surface area contributed by atoms with E-state index in [0.29, 0.717) is 17.1 Å². The normalized spacial score (nSPS) is 11.9. The number of methoxy groups -OCH3 is 2. The minimum Gasteiger partial charge on any atom is -0.497 e. The van der Waals surface area contributed by atoms with E-state index in [2.05, 4.69) is 0 Å². The monoisotopic (exact) mass is 278 g/mol. The molecule has 0 aliphatic carbocycles. The molecule has 1 heterocycles. The van der Waals surface area contributed by atoms with Crippen LogP contribution in [-0.4, -0.2) is 30.4 Å². The highest BCUT2D eigenvalue weighted by atomic mass is 16.5. The summed E-state index contributed by atoms with van der Waals surface area (Å²) in [5.41, 5.74) is 0.429. The van der Waals surface area contributed by atoms with Gasteiger partial charge in [0.15, 0.2) is 0 Å². The molecule has 2 aromatic rings. The second-order valence-corrected chi connectivity index (χ2v) is 4.02. The Balaban J connectivity index is 2.40. The van der Waals surface area contributed by atoms with Crippen molar-refractivity contribution in [1.29, 1.82) is 0 Å². The van der Waals surface area contributed by atoms with Gasteiger partial charge in [0, 0.05) is 5.56 Å². The fraction of sp³-hybridized carbons (Fsp3) is 0.214. The van der Waals surface area contributed by atoms with Gasteiger partial charge in [0.2, 0.25) is 5.76 Å². The number of carbonyl (C=O) groups is 1. The zero-order valence-electron chi connectivity index (χ0n) is 11.0. The number of carboxylic acid groups (broad SMARTS) is 1. The Bertz CT molecular complexity index is 616. The van der Waals surface area contributed by atoms with Gasteiger partial charge in [-0.15, -0.1) is 0 Å². The number of furan rings is 1. The first-order valence-electron chi connectivity index (χ1n) is 5.79. The Morgan fingerprint density at radius 2 is 1.95 bits per heavy atom. The summed E-state index contributed by atoms with van der Waals surface area (Å²) in [6, 6.07) is 7.64. The predicted octanol–water partition coefficient (Wildman–Crippen LogP) is 2.08. The molecule has 6 nitrogen and oxygen atoms in total.